The van der Waals surface area contributed by atoms with Crippen molar-refractivity contribution in [3.63, 3.8) is 0 Å². The molecule has 1 aromatic carbocycles. The van der Waals surface area contributed by atoms with Crippen LogP contribution in [-0.2, 0) is 9.53 Å². The molecular formula is C19H24N2O3. The number of nitrogens with two attached hydrogens (primary N) is 1. The maximum atomic E-state index is 12.3. The van der Waals surface area contributed by atoms with E-state index in [0.717, 1.165) is 37.0 Å². The number of ether oxygens (including phenoxy) is 1. The minimum atomic E-state index is -0.490. The van der Waals surface area contributed by atoms with Crippen LogP contribution in [0.3, 0.4) is 0 Å². The Labute approximate surface area is 141 Å². The molecule has 4 aliphatic rings. The number of esters is 1. The summed E-state index contributed by atoms with van der Waals surface area (Å²) in [6.45, 7) is -0.217. The molecular weight excluding hydrogens is 304 g/mol. The fourth-order valence-electron chi connectivity index (χ4n) is 5.43. The summed E-state index contributed by atoms with van der Waals surface area (Å²) in [5, 5.41) is 3.20. The van der Waals surface area contributed by atoms with E-state index in [2.05, 4.69) is 5.32 Å². The lowest BCUT2D eigenvalue weighted by atomic mass is 9.53. The molecule has 0 saturated heterocycles. The van der Waals surface area contributed by atoms with Crippen LogP contribution in [0.1, 0.15) is 48.9 Å². The SMILES string of the molecule is Nc1ccc(C(=O)OCC(=O)NC23CC4CC(CC(C4)C2)C3)cc1. The van der Waals surface area contributed by atoms with Crippen LogP contribution in [0.15, 0.2) is 24.3 Å². The van der Waals surface area contributed by atoms with Gasteiger partial charge in [-0.25, -0.2) is 4.79 Å². The van der Waals surface area contributed by atoms with Crippen molar-refractivity contribution in [3.05, 3.63) is 29.8 Å². The molecule has 0 unspecified atom stereocenters. The maximum absolute atomic E-state index is 12.3. The van der Waals surface area contributed by atoms with Crippen LogP contribution in [0.2, 0.25) is 0 Å². The largest absolute Gasteiger partial charge is 0.452 e. The third kappa shape index (κ3) is 2.99. The van der Waals surface area contributed by atoms with Gasteiger partial charge in [0.2, 0.25) is 0 Å². The minimum absolute atomic E-state index is 0.0422. The monoisotopic (exact) mass is 328 g/mol. The highest BCUT2D eigenvalue weighted by Gasteiger charge is 2.51. The fraction of sp³-hybridized carbons (Fsp3) is 0.579. The number of rotatable bonds is 4. The lowest BCUT2D eigenvalue weighted by Crippen LogP contribution is -2.60. The van der Waals surface area contributed by atoms with Crippen LogP contribution in [0.25, 0.3) is 0 Å². The number of nitrogens with one attached hydrogen (secondary N) is 1. The Morgan fingerprint density at radius 2 is 1.58 bits per heavy atom. The molecule has 0 radical (unpaired) electrons. The topological polar surface area (TPSA) is 81.4 Å². The normalized spacial score (nSPS) is 33.2. The van der Waals surface area contributed by atoms with E-state index in [4.69, 9.17) is 10.5 Å². The maximum Gasteiger partial charge on any atom is 0.338 e. The van der Waals surface area contributed by atoms with Gasteiger partial charge in [-0.2, -0.15) is 0 Å². The molecule has 5 rings (SSSR count). The third-order valence-corrected chi connectivity index (χ3v) is 5.92. The average molecular weight is 328 g/mol. The van der Waals surface area contributed by atoms with Gasteiger partial charge in [0, 0.05) is 11.2 Å². The summed E-state index contributed by atoms with van der Waals surface area (Å²) in [4.78, 5) is 24.3. The van der Waals surface area contributed by atoms with Gasteiger partial charge in [-0.1, -0.05) is 0 Å². The van der Waals surface area contributed by atoms with E-state index in [1.807, 2.05) is 0 Å². The van der Waals surface area contributed by atoms with E-state index in [0.29, 0.717) is 11.3 Å². The van der Waals surface area contributed by atoms with Crippen molar-refractivity contribution in [1.82, 2.24) is 5.32 Å². The zero-order chi connectivity index (χ0) is 16.7. The second kappa shape index (κ2) is 5.80. The lowest BCUT2D eigenvalue weighted by Gasteiger charge is -2.56. The van der Waals surface area contributed by atoms with Crippen molar-refractivity contribution in [2.75, 3.05) is 12.3 Å². The molecule has 1 amide bonds. The van der Waals surface area contributed by atoms with Crippen LogP contribution < -0.4 is 11.1 Å². The molecule has 24 heavy (non-hydrogen) atoms. The Bertz CT molecular complexity index is 618. The Morgan fingerprint density at radius 3 is 2.12 bits per heavy atom. The molecule has 5 heteroatoms. The molecule has 4 saturated carbocycles. The van der Waals surface area contributed by atoms with Crippen molar-refractivity contribution in [1.29, 1.82) is 0 Å². The van der Waals surface area contributed by atoms with Crippen molar-refractivity contribution in [3.8, 4) is 0 Å². The Hall–Kier alpha value is -2.04. The van der Waals surface area contributed by atoms with Gasteiger partial charge in [0.25, 0.3) is 5.91 Å². The number of anilines is 1. The van der Waals surface area contributed by atoms with Crippen molar-refractivity contribution in [2.24, 2.45) is 17.8 Å². The summed E-state index contributed by atoms with van der Waals surface area (Å²) in [6, 6.07) is 6.50. The van der Waals surface area contributed by atoms with E-state index in [1.54, 1.807) is 24.3 Å². The molecule has 1 aromatic rings. The summed E-state index contributed by atoms with van der Waals surface area (Å²) in [5.74, 6) is 1.65. The van der Waals surface area contributed by atoms with Crippen LogP contribution in [0.5, 0.6) is 0 Å². The molecule has 5 nitrogen and oxygen atoms in total. The highest BCUT2D eigenvalue weighted by molar-refractivity contribution is 5.91. The number of carbonyl (C=O) groups is 2. The molecule has 0 spiro atoms. The molecule has 4 fully saturated rings. The molecule has 3 N–H and O–H groups in total. The first kappa shape index (κ1) is 15.5. The Kier molecular flexibility index (Phi) is 3.74. The first-order chi connectivity index (χ1) is 11.5. The summed E-state index contributed by atoms with van der Waals surface area (Å²) in [6.07, 6.45) is 7.29. The lowest BCUT2D eigenvalue weighted by molar-refractivity contribution is -0.130. The first-order valence-corrected chi connectivity index (χ1v) is 8.85. The minimum Gasteiger partial charge on any atom is -0.452 e. The Balaban J connectivity index is 1.32. The van der Waals surface area contributed by atoms with Crippen LogP contribution in [0.4, 0.5) is 5.69 Å². The van der Waals surface area contributed by atoms with Gasteiger partial charge < -0.3 is 15.8 Å². The molecule has 0 aliphatic heterocycles. The second-order valence-corrected chi connectivity index (χ2v) is 7.94. The smallest absolute Gasteiger partial charge is 0.338 e. The molecule has 0 heterocycles. The molecule has 0 aromatic heterocycles. The number of benzene rings is 1. The van der Waals surface area contributed by atoms with Gasteiger partial charge in [-0.05, 0) is 80.5 Å². The van der Waals surface area contributed by atoms with Crippen LogP contribution in [0, 0.1) is 17.8 Å². The molecule has 4 bridgehead atoms. The van der Waals surface area contributed by atoms with Gasteiger partial charge >= 0.3 is 5.97 Å². The van der Waals surface area contributed by atoms with Crippen molar-refractivity contribution < 1.29 is 14.3 Å². The summed E-state index contributed by atoms with van der Waals surface area (Å²) < 4.78 is 5.15. The number of nitrogen functional groups attached to an aromatic ring is 1. The zero-order valence-corrected chi connectivity index (χ0v) is 13.8. The highest BCUT2D eigenvalue weighted by atomic mass is 16.5. The second-order valence-electron chi connectivity index (χ2n) is 7.94. The van der Waals surface area contributed by atoms with Crippen molar-refractivity contribution >= 4 is 17.6 Å². The first-order valence-electron chi connectivity index (χ1n) is 8.85. The zero-order valence-electron chi connectivity index (χ0n) is 13.8. The van der Waals surface area contributed by atoms with E-state index in [9.17, 15) is 9.59 Å². The molecule has 128 valence electrons. The van der Waals surface area contributed by atoms with Crippen molar-refractivity contribution in [2.45, 2.75) is 44.1 Å². The number of hydrogen-bond acceptors (Lipinski definition) is 4. The number of hydrogen-bond donors (Lipinski definition) is 2. The highest BCUT2D eigenvalue weighted by Crippen LogP contribution is 2.55. The number of carbonyl (C=O) groups excluding carboxylic acids is 2. The predicted molar refractivity (Wildman–Crippen MR) is 90.2 cm³/mol. The van der Waals surface area contributed by atoms with Gasteiger partial charge in [-0.15, -0.1) is 0 Å². The average Bonchev–Trinajstić information content (AvgIpc) is 2.51. The van der Waals surface area contributed by atoms with E-state index >= 15 is 0 Å². The standard InChI is InChI=1S/C19H24N2O3/c20-16-3-1-15(2-4-16)18(23)24-11-17(22)21-19-8-12-5-13(9-19)7-14(6-12)10-19/h1-4,12-14H,5-11,20H2,(H,21,22). The van der Waals surface area contributed by atoms with Crippen LogP contribution >= 0.6 is 0 Å². The Morgan fingerprint density at radius 1 is 1.04 bits per heavy atom. The van der Waals surface area contributed by atoms with Gasteiger partial charge in [0.15, 0.2) is 6.61 Å². The van der Waals surface area contributed by atoms with Gasteiger partial charge in [0.1, 0.15) is 0 Å². The molecule has 4 aliphatic carbocycles. The molecule has 0 atom stereocenters. The summed E-state index contributed by atoms with van der Waals surface area (Å²) >= 11 is 0. The number of amides is 1. The summed E-state index contributed by atoms with van der Waals surface area (Å²) in [5.41, 5.74) is 6.55. The predicted octanol–water partition coefficient (Wildman–Crippen LogP) is 2.51. The van der Waals surface area contributed by atoms with E-state index < -0.39 is 5.97 Å². The van der Waals surface area contributed by atoms with Crippen LogP contribution in [-0.4, -0.2) is 24.0 Å². The fourth-order valence-corrected chi connectivity index (χ4v) is 5.43. The summed E-state index contributed by atoms with van der Waals surface area (Å²) in [7, 11) is 0. The van der Waals surface area contributed by atoms with E-state index in [-0.39, 0.29) is 18.1 Å². The van der Waals surface area contributed by atoms with E-state index in [1.165, 1.54) is 19.3 Å². The van der Waals surface area contributed by atoms with Gasteiger partial charge in [0.05, 0.1) is 5.56 Å². The van der Waals surface area contributed by atoms with Gasteiger partial charge in [-0.3, -0.25) is 4.79 Å². The third-order valence-electron chi connectivity index (χ3n) is 5.92. The quantitative estimate of drug-likeness (QED) is 0.657.